The van der Waals surface area contributed by atoms with Crippen LogP contribution in [0, 0.1) is 0 Å². The van der Waals surface area contributed by atoms with Crippen LogP contribution in [0.5, 0.6) is 11.5 Å². The molecule has 2 N–H and O–H groups in total. The van der Waals surface area contributed by atoms with Gasteiger partial charge in [-0.1, -0.05) is 24.6 Å². The molecule has 1 atom stereocenters. The van der Waals surface area contributed by atoms with Gasteiger partial charge in [-0.3, -0.25) is 0 Å². The molecule has 1 aromatic carbocycles. The van der Waals surface area contributed by atoms with Gasteiger partial charge in [-0.2, -0.15) is 9.97 Å². The quantitative estimate of drug-likeness (QED) is 0.467. The molecule has 2 aliphatic heterocycles. The summed E-state index contributed by atoms with van der Waals surface area (Å²) in [4.78, 5) is 23.8. The van der Waals surface area contributed by atoms with Gasteiger partial charge in [0.15, 0.2) is 39.5 Å². The van der Waals surface area contributed by atoms with E-state index in [-0.39, 0.29) is 5.92 Å². The molecule has 36 heavy (non-hydrogen) atoms. The number of benzene rings is 1. The van der Waals surface area contributed by atoms with Crippen molar-refractivity contribution >= 4 is 40.3 Å². The summed E-state index contributed by atoms with van der Waals surface area (Å²) in [5.74, 6) is 3.63. The van der Waals surface area contributed by atoms with Gasteiger partial charge in [0.1, 0.15) is 0 Å². The summed E-state index contributed by atoms with van der Waals surface area (Å²) < 4.78 is 10.8. The van der Waals surface area contributed by atoms with Gasteiger partial charge in [0.2, 0.25) is 5.95 Å². The van der Waals surface area contributed by atoms with Gasteiger partial charge in [0.25, 0.3) is 0 Å². The van der Waals surface area contributed by atoms with Crippen LogP contribution in [-0.2, 0) is 0 Å². The Bertz CT molecular complexity index is 1210. The van der Waals surface area contributed by atoms with Gasteiger partial charge in [0, 0.05) is 45.8 Å². The van der Waals surface area contributed by atoms with E-state index < -0.39 is 0 Å². The minimum absolute atomic E-state index is 0.167. The average Bonchev–Trinajstić information content (AvgIpc) is 3.46. The molecule has 0 bridgehead atoms. The van der Waals surface area contributed by atoms with Crippen molar-refractivity contribution in [2.45, 2.75) is 25.7 Å². The maximum absolute atomic E-state index is 6.62. The topological polar surface area (TPSA) is 101 Å². The van der Waals surface area contributed by atoms with Gasteiger partial charge >= 0.3 is 0 Å². The number of nitrogens with zero attached hydrogens (tertiary/aromatic N) is 6. The van der Waals surface area contributed by atoms with Crippen LogP contribution < -0.4 is 29.9 Å². The SMILES string of the molecule is COc1ccc(C(C)CNc2nc3nc(N4CCNCC4)nc(N4CCCC4)c3nc2Cl)cc1OC. The van der Waals surface area contributed by atoms with E-state index in [1.54, 1.807) is 14.2 Å². The lowest BCUT2D eigenvalue weighted by Crippen LogP contribution is -2.44. The van der Waals surface area contributed by atoms with Crippen molar-refractivity contribution in [3.05, 3.63) is 28.9 Å². The van der Waals surface area contributed by atoms with Gasteiger partial charge in [-0.15, -0.1) is 0 Å². The number of hydrogen-bond donors (Lipinski definition) is 2. The van der Waals surface area contributed by atoms with Crippen LogP contribution in [0.3, 0.4) is 0 Å². The first-order valence-corrected chi connectivity index (χ1v) is 12.9. The highest BCUT2D eigenvalue weighted by atomic mass is 35.5. The van der Waals surface area contributed by atoms with E-state index in [4.69, 9.17) is 41.0 Å². The third-order valence-corrected chi connectivity index (χ3v) is 7.08. The zero-order valence-corrected chi connectivity index (χ0v) is 21.8. The van der Waals surface area contributed by atoms with E-state index in [1.165, 1.54) is 0 Å². The summed E-state index contributed by atoms with van der Waals surface area (Å²) in [6, 6.07) is 5.95. The first kappa shape index (κ1) is 24.6. The molecule has 0 saturated carbocycles. The number of fused-ring (bicyclic) bond motifs is 1. The minimum Gasteiger partial charge on any atom is -0.493 e. The van der Waals surface area contributed by atoms with E-state index in [0.717, 1.165) is 63.5 Å². The standard InChI is InChI=1S/C25H33ClN8O2/c1-16(17-6-7-18(35-2)19(14-17)36-3)15-28-23-21(26)29-20-22(30-23)31-25(34-12-8-27-9-13-34)32-24(20)33-10-4-5-11-33/h6-7,14,16,27H,4-5,8-13,15H2,1-3H3,(H,28,30,31,32). The van der Waals surface area contributed by atoms with Crippen molar-refractivity contribution in [2.75, 3.05) is 75.1 Å². The van der Waals surface area contributed by atoms with Crippen molar-refractivity contribution < 1.29 is 9.47 Å². The van der Waals surface area contributed by atoms with Gasteiger partial charge < -0.3 is 29.9 Å². The Labute approximate surface area is 216 Å². The van der Waals surface area contributed by atoms with Crippen LogP contribution >= 0.6 is 11.6 Å². The highest BCUT2D eigenvalue weighted by molar-refractivity contribution is 6.32. The van der Waals surface area contributed by atoms with E-state index in [1.807, 2.05) is 18.2 Å². The van der Waals surface area contributed by atoms with Crippen molar-refractivity contribution in [1.29, 1.82) is 0 Å². The number of hydrogen-bond acceptors (Lipinski definition) is 10. The van der Waals surface area contributed by atoms with Crippen LogP contribution in [0.15, 0.2) is 18.2 Å². The Morgan fingerprint density at radius 1 is 0.972 bits per heavy atom. The molecule has 2 aromatic heterocycles. The molecule has 2 fully saturated rings. The Hall–Kier alpha value is -3.11. The number of halogens is 1. The minimum atomic E-state index is 0.167. The molecule has 3 aromatic rings. The number of nitrogens with one attached hydrogen (secondary N) is 2. The number of ether oxygens (including phenoxy) is 2. The molecule has 0 amide bonds. The molecule has 10 nitrogen and oxygen atoms in total. The predicted molar refractivity (Wildman–Crippen MR) is 143 cm³/mol. The molecular weight excluding hydrogens is 480 g/mol. The van der Waals surface area contributed by atoms with E-state index in [9.17, 15) is 0 Å². The van der Waals surface area contributed by atoms with Crippen LogP contribution in [0.1, 0.15) is 31.2 Å². The number of piperazine rings is 1. The van der Waals surface area contributed by atoms with Crippen LogP contribution in [0.4, 0.5) is 17.6 Å². The fraction of sp³-hybridized carbons (Fsp3) is 0.520. The summed E-state index contributed by atoms with van der Waals surface area (Å²) in [6.45, 7) is 8.20. The summed E-state index contributed by atoms with van der Waals surface area (Å²) in [7, 11) is 3.27. The second-order valence-electron chi connectivity index (χ2n) is 9.21. The van der Waals surface area contributed by atoms with Crippen LogP contribution in [-0.4, -0.2) is 80.0 Å². The third kappa shape index (κ3) is 5.05. The Morgan fingerprint density at radius 3 is 2.44 bits per heavy atom. The lowest BCUT2D eigenvalue weighted by atomic mass is 10.0. The van der Waals surface area contributed by atoms with Gasteiger partial charge in [0.05, 0.1) is 14.2 Å². The molecule has 11 heteroatoms. The lowest BCUT2D eigenvalue weighted by molar-refractivity contribution is 0.354. The first-order valence-electron chi connectivity index (χ1n) is 12.5. The van der Waals surface area contributed by atoms with Crippen LogP contribution in [0.2, 0.25) is 5.15 Å². The molecule has 0 aliphatic carbocycles. The maximum Gasteiger partial charge on any atom is 0.229 e. The van der Waals surface area contributed by atoms with Crippen molar-refractivity contribution in [3.63, 3.8) is 0 Å². The maximum atomic E-state index is 6.62. The number of methoxy groups -OCH3 is 2. The Morgan fingerprint density at radius 2 is 1.72 bits per heavy atom. The van der Waals surface area contributed by atoms with E-state index in [2.05, 4.69) is 27.4 Å². The van der Waals surface area contributed by atoms with Crippen molar-refractivity contribution in [1.82, 2.24) is 25.3 Å². The molecular formula is C25H33ClN8O2. The van der Waals surface area contributed by atoms with Crippen molar-refractivity contribution in [3.8, 4) is 11.5 Å². The number of aromatic nitrogens is 4. The van der Waals surface area contributed by atoms with Gasteiger partial charge in [-0.25, -0.2) is 9.97 Å². The number of anilines is 3. The summed E-state index contributed by atoms with van der Waals surface area (Å²) >= 11 is 6.62. The van der Waals surface area contributed by atoms with E-state index in [0.29, 0.717) is 46.1 Å². The molecule has 5 rings (SSSR count). The monoisotopic (exact) mass is 512 g/mol. The molecule has 2 aliphatic rings. The van der Waals surface area contributed by atoms with E-state index >= 15 is 0 Å². The first-order chi connectivity index (χ1) is 17.6. The molecule has 1 unspecified atom stereocenters. The summed E-state index contributed by atoms with van der Waals surface area (Å²) in [5.41, 5.74) is 2.33. The highest BCUT2D eigenvalue weighted by Crippen LogP contribution is 2.32. The molecule has 4 heterocycles. The van der Waals surface area contributed by atoms with Gasteiger partial charge in [-0.05, 0) is 36.5 Å². The predicted octanol–water partition coefficient (Wildman–Crippen LogP) is 3.32. The molecule has 0 radical (unpaired) electrons. The fourth-order valence-corrected chi connectivity index (χ4v) is 4.89. The van der Waals surface area contributed by atoms with Crippen LogP contribution in [0.25, 0.3) is 11.2 Å². The molecule has 0 spiro atoms. The Kier molecular flexibility index (Phi) is 7.43. The van der Waals surface area contributed by atoms with Crippen molar-refractivity contribution in [2.24, 2.45) is 0 Å². The smallest absolute Gasteiger partial charge is 0.229 e. The molecule has 192 valence electrons. The second-order valence-corrected chi connectivity index (χ2v) is 9.57. The zero-order valence-electron chi connectivity index (χ0n) is 21.1. The Balaban J connectivity index is 1.43. The fourth-order valence-electron chi connectivity index (χ4n) is 4.70. The number of rotatable bonds is 8. The summed E-state index contributed by atoms with van der Waals surface area (Å²) in [5, 5.41) is 7.09. The third-order valence-electron chi connectivity index (χ3n) is 6.82. The zero-order chi connectivity index (χ0) is 25.1. The average molecular weight is 513 g/mol. The summed E-state index contributed by atoms with van der Waals surface area (Å²) in [6.07, 6.45) is 2.28. The second kappa shape index (κ2) is 10.9. The lowest BCUT2D eigenvalue weighted by Gasteiger charge is -2.28. The normalized spacial score (nSPS) is 16.9. The highest BCUT2D eigenvalue weighted by Gasteiger charge is 2.24. The largest absolute Gasteiger partial charge is 0.493 e. The molecule has 2 saturated heterocycles.